The van der Waals surface area contributed by atoms with Gasteiger partial charge < -0.3 is 5.11 Å². The van der Waals surface area contributed by atoms with Gasteiger partial charge in [0.15, 0.2) is 0 Å². The van der Waals surface area contributed by atoms with Crippen LogP contribution in [0.3, 0.4) is 0 Å². The average Bonchev–Trinajstić information content (AvgIpc) is 2.71. The first-order valence-electron chi connectivity index (χ1n) is 5.08. The van der Waals surface area contributed by atoms with E-state index in [9.17, 15) is 5.11 Å². The molecule has 4 nitrogen and oxygen atoms in total. The highest BCUT2D eigenvalue weighted by Gasteiger charge is 2.08. The average molecular weight is 317 g/mol. The first-order valence-corrected chi connectivity index (χ1v) is 6.25. The molecule has 0 radical (unpaired) electrons. The quantitative estimate of drug-likeness (QED) is 0.947. The Morgan fingerprint density at radius 3 is 2.88 bits per heavy atom. The normalized spacial score (nSPS) is 12.7. The highest BCUT2D eigenvalue weighted by Crippen LogP contribution is 2.22. The second-order valence-corrected chi connectivity index (χ2v) is 5.08. The number of aromatic nitrogens is 3. The van der Waals surface area contributed by atoms with Gasteiger partial charge in [0.1, 0.15) is 5.69 Å². The minimum Gasteiger partial charge on any atom is -0.387 e. The maximum atomic E-state index is 9.35. The van der Waals surface area contributed by atoms with E-state index in [2.05, 4.69) is 26.2 Å². The van der Waals surface area contributed by atoms with Crippen LogP contribution in [0.2, 0.25) is 5.02 Å². The maximum Gasteiger partial charge on any atom is 0.111 e. The molecule has 6 heteroatoms. The molecule has 0 bridgehead atoms. The molecule has 0 aliphatic carbocycles. The molecule has 1 unspecified atom stereocenters. The fourth-order valence-electron chi connectivity index (χ4n) is 1.41. The fourth-order valence-corrected chi connectivity index (χ4v) is 2.14. The van der Waals surface area contributed by atoms with Crippen molar-refractivity contribution in [1.82, 2.24) is 15.0 Å². The first kappa shape index (κ1) is 12.5. The lowest BCUT2D eigenvalue weighted by atomic mass is 10.2. The monoisotopic (exact) mass is 315 g/mol. The van der Waals surface area contributed by atoms with Crippen LogP contribution in [0.1, 0.15) is 24.3 Å². The third kappa shape index (κ3) is 3.06. The standard InChI is InChI=1S/C11H11BrClN3O/c1-7(17)11-6-16(15-14-11)5-8-2-3-9(12)4-10(8)13/h2-4,6-7,17H,5H2,1H3. The fraction of sp³-hybridized carbons (Fsp3) is 0.273. The summed E-state index contributed by atoms with van der Waals surface area (Å²) in [6.45, 7) is 2.19. The van der Waals surface area contributed by atoms with Crippen molar-refractivity contribution in [2.45, 2.75) is 19.6 Å². The predicted molar refractivity (Wildman–Crippen MR) is 68.9 cm³/mol. The van der Waals surface area contributed by atoms with Gasteiger partial charge in [0, 0.05) is 9.50 Å². The van der Waals surface area contributed by atoms with Crippen molar-refractivity contribution in [3.05, 3.63) is 45.1 Å². The Morgan fingerprint density at radius 1 is 1.53 bits per heavy atom. The smallest absolute Gasteiger partial charge is 0.111 e. The molecule has 90 valence electrons. The summed E-state index contributed by atoms with van der Waals surface area (Å²) in [7, 11) is 0. The molecule has 1 N–H and O–H groups in total. The van der Waals surface area contributed by atoms with Crippen LogP contribution in [0.5, 0.6) is 0 Å². The SMILES string of the molecule is CC(O)c1cn(Cc2ccc(Br)cc2Cl)nn1. The van der Waals surface area contributed by atoms with Crippen molar-refractivity contribution in [1.29, 1.82) is 0 Å². The van der Waals surface area contributed by atoms with Crippen LogP contribution in [0, 0.1) is 0 Å². The molecule has 2 rings (SSSR count). The topological polar surface area (TPSA) is 50.9 Å². The van der Waals surface area contributed by atoms with Gasteiger partial charge in [0.2, 0.25) is 0 Å². The molecule has 1 heterocycles. The largest absolute Gasteiger partial charge is 0.387 e. The van der Waals surface area contributed by atoms with Crippen LogP contribution in [0.4, 0.5) is 0 Å². The van der Waals surface area contributed by atoms with Gasteiger partial charge in [-0.25, -0.2) is 4.68 Å². The summed E-state index contributed by atoms with van der Waals surface area (Å²) >= 11 is 9.46. The lowest BCUT2D eigenvalue weighted by Crippen LogP contribution is -2.01. The number of aliphatic hydroxyl groups excluding tert-OH is 1. The van der Waals surface area contributed by atoms with E-state index in [4.69, 9.17) is 11.6 Å². The van der Waals surface area contributed by atoms with E-state index in [1.165, 1.54) is 0 Å². The minimum atomic E-state index is -0.607. The van der Waals surface area contributed by atoms with Gasteiger partial charge in [-0.2, -0.15) is 0 Å². The summed E-state index contributed by atoms with van der Waals surface area (Å²) in [5.74, 6) is 0. The number of halogens is 2. The predicted octanol–water partition coefficient (Wildman–Crippen LogP) is 2.80. The summed E-state index contributed by atoms with van der Waals surface area (Å²) in [6, 6.07) is 5.69. The molecule has 1 atom stereocenters. The van der Waals surface area contributed by atoms with E-state index >= 15 is 0 Å². The first-order chi connectivity index (χ1) is 8.06. The van der Waals surface area contributed by atoms with Crippen LogP contribution < -0.4 is 0 Å². The molecule has 0 fully saturated rings. The van der Waals surface area contributed by atoms with Crippen LogP contribution in [0.25, 0.3) is 0 Å². The molecular formula is C11H11BrClN3O. The zero-order valence-electron chi connectivity index (χ0n) is 9.14. The van der Waals surface area contributed by atoms with Gasteiger partial charge in [-0.1, -0.05) is 38.8 Å². The van der Waals surface area contributed by atoms with E-state index in [1.807, 2.05) is 18.2 Å². The van der Waals surface area contributed by atoms with Gasteiger partial charge in [0.05, 0.1) is 18.8 Å². The molecule has 0 spiro atoms. The van der Waals surface area contributed by atoms with Gasteiger partial charge in [-0.05, 0) is 24.6 Å². The van der Waals surface area contributed by atoms with E-state index in [1.54, 1.807) is 17.8 Å². The molecule has 0 saturated heterocycles. The van der Waals surface area contributed by atoms with Crippen molar-refractivity contribution < 1.29 is 5.11 Å². The molecule has 0 aliphatic rings. The van der Waals surface area contributed by atoms with Gasteiger partial charge in [-0.3, -0.25) is 0 Å². The van der Waals surface area contributed by atoms with Crippen molar-refractivity contribution >= 4 is 27.5 Å². The number of nitrogens with zero attached hydrogens (tertiary/aromatic N) is 3. The van der Waals surface area contributed by atoms with Gasteiger partial charge in [-0.15, -0.1) is 5.10 Å². The van der Waals surface area contributed by atoms with Gasteiger partial charge >= 0.3 is 0 Å². The molecule has 0 saturated carbocycles. The molecular weight excluding hydrogens is 305 g/mol. The highest BCUT2D eigenvalue weighted by molar-refractivity contribution is 9.10. The minimum absolute atomic E-state index is 0.534. The Balaban J connectivity index is 2.19. The number of benzene rings is 1. The molecule has 1 aromatic heterocycles. The molecule has 0 aliphatic heterocycles. The summed E-state index contributed by atoms with van der Waals surface area (Å²) in [5.41, 5.74) is 1.51. The number of rotatable bonds is 3. The second kappa shape index (κ2) is 5.16. The van der Waals surface area contributed by atoms with Crippen molar-refractivity contribution in [2.75, 3.05) is 0 Å². The van der Waals surface area contributed by atoms with Crippen LogP contribution in [-0.2, 0) is 6.54 Å². The Hall–Kier alpha value is -0.910. The number of hydrogen-bond acceptors (Lipinski definition) is 3. The Morgan fingerprint density at radius 2 is 2.29 bits per heavy atom. The zero-order valence-corrected chi connectivity index (χ0v) is 11.5. The molecule has 1 aromatic carbocycles. The van der Waals surface area contributed by atoms with E-state index in [0.29, 0.717) is 17.3 Å². The van der Waals surface area contributed by atoms with Gasteiger partial charge in [0.25, 0.3) is 0 Å². The lowest BCUT2D eigenvalue weighted by Gasteiger charge is -2.04. The van der Waals surface area contributed by atoms with Crippen molar-refractivity contribution in [2.24, 2.45) is 0 Å². The van der Waals surface area contributed by atoms with E-state index < -0.39 is 6.10 Å². The Bertz CT molecular complexity index is 527. The Kier molecular flexibility index (Phi) is 3.81. The summed E-state index contributed by atoms with van der Waals surface area (Å²) in [4.78, 5) is 0. The van der Waals surface area contributed by atoms with E-state index in [-0.39, 0.29) is 0 Å². The molecule has 17 heavy (non-hydrogen) atoms. The molecule has 0 amide bonds. The van der Waals surface area contributed by atoms with Crippen LogP contribution in [-0.4, -0.2) is 20.1 Å². The van der Waals surface area contributed by atoms with Crippen LogP contribution in [0.15, 0.2) is 28.9 Å². The number of aliphatic hydroxyl groups is 1. The van der Waals surface area contributed by atoms with Crippen LogP contribution >= 0.6 is 27.5 Å². The third-order valence-corrected chi connectivity index (χ3v) is 3.18. The van der Waals surface area contributed by atoms with Crippen molar-refractivity contribution in [3.8, 4) is 0 Å². The maximum absolute atomic E-state index is 9.35. The van der Waals surface area contributed by atoms with E-state index in [0.717, 1.165) is 10.0 Å². The summed E-state index contributed by atoms with van der Waals surface area (Å²) < 4.78 is 2.59. The lowest BCUT2D eigenvalue weighted by molar-refractivity contribution is 0.194. The Labute approximate surface area is 112 Å². The highest BCUT2D eigenvalue weighted by atomic mass is 79.9. The number of hydrogen-bond donors (Lipinski definition) is 1. The summed E-state index contributed by atoms with van der Waals surface area (Å²) in [5, 5.41) is 17.8. The second-order valence-electron chi connectivity index (χ2n) is 3.75. The van der Waals surface area contributed by atoms with Crippen molar-refractivity contribution in [3.63, 3.8) is 0 Å². The molecule has 2 aromatic rings. The third-order valence-electron chi connectivity index (χ3n) is 2.33. The zero-order chi connectivity index (χ0) is 12.4. The summed E-state index contributed by atoms with van der Waals surface area (Å²) in [6.07, 6.45) is 1.10.